The number of halogens is 1. The zero-order chi connectivity index (χ0) is 14.8. The largest absolute Gasteiger partial charge is 0.496 e. The van der Waals surface area contributed by atoms with E-state index in [0.717, 1.165) is 30.4 Å². The Hall–Kier alpha value is -1.02. The number of benzene rings is 1. The molecule has 1 aromatic rings. The van der Waals surface area contributed by atoms with E-state index < -0.39 is 0 Å². The average molecular weight is 407 g/mol. The van der Waals surface area contributed by atoms with Gasteiger partial charge in [-0.15, -0.1) is 24.0 Å². The number of nitrogens with zero attached hydrogens (tertiary/aromatic N) is 1. The highest BCUT2D eigenvalue weighted by Crippen LogP contribution is 2.20. The minimum Gasteiger partial charge on any atom is -0.496 e. The smallest absolute Gasteiger partial charge is 0.191 e. The molecule has 0 amide bonds. The third-order valence-corrected chi connectivity index (χ3v) is 2.79. The summed E-state index contributed by atoms with van der Waals surface area (Å²) in [5.74, 6) is 1.66. The highest BCUT2D eigenvalue weighted by atomic mass is 127. The van der Waals surface area contributed by atoms with E-state index in [0.29, 0.717) is 13.2 Å². The van der Waals surface area contributed by atoms with Crippen LogP contribution in [0.25, 0.3) is 0 Å². The standard InChI is InChI=1S/C15H25N3O2.HI/c1-5-16-15(17-8-9-19-3)18-11-13-7-6-12(2)10-14(13)20-4;/h6-7,10H,5,8-9,11H2,1-4H3,(H2,16,17,18);1H. The summed E-state index contributed by atoms with van der Waals surface area (Å²) in [6.07, 6.45) is 0. The van der Waals surface area contributed by atoms with Crippen LogP contribution in [0.2, 0.25) is 0 Å². The van der Waals surface area contributed by atoms with Gasteiger partial charge in [-0.1, -0.05) is 12.1 Å². The molecule has 0 saturated carbocycles. The van der Waals surface area contributed by atoms with Crippen LogP contribution in [-0.2, 0) is 11.3 Å². The van der Waals surface area contributed by atoms with Crippen molar-refractivity contribution in [2.45, 2.75) is 20.4 Å². The van der Waals surface area contributed by atoms with E-state index in [4.69, 9.17) is 9.47 Å². The molecule has 0 bridgehead atoms. The number of guanidine groups is 1. The normalized spacial score (nSPS) is 10.8. The highest BCUT2D eigenvalue weighted by Gasteiger charge is 2.03. The van der Waals surface area contributed by atoms with Gasteiger partial charge in [-0.3, -0.25) is 0 Å². The number of hydrogen-bond acceptors (Lipinski definition) is 3. The summed E-state index contributed by atoms with van der Waals surface area (Å²) in [6.45, 7) is 6.87. The molecule has 0 unspecified atom stereocenters. The van der Waals surface area contributed by atoms with Crippen molar-refractivity contribution in [2.75, 3.05) is 33.9 Å². The van der Waals surface area contributed by atoms with Crippen molar-refractivity contribution in [1.29, 1.82) is 0 Å². The van der Waals surface area contributed by atoms with Crippen LogP contribution in [-0.4, -0.2) is 39.9 Å². The van der Waals surface area contributed by atoms with E-state index in [1.165, 1.54) is 5.56 Å². The molecule has 1 aromatic carbocycles. The first kappa shape index (κ1) is 20.0. The maximum Gasteiger partial charge on any atom is 0.191 e. The molecule has 5 nitrogen and oxygen atoms in total. The average Bonchev–Trinajstić information content (AvgIpc) is 2.45. The first-order chi connectivity index (χ1) is 9.71. The molecule has 6 heteroatoms. The van der Waals surface area contributed by atoms with Crippen molar-refractivity contribution in [3.05, 3.63) is 29.3 Å². The molecular weight excluding hydrogens is 381 g/mol. The first-order valence-electron chi connectivity index (χ1n) is 6.85. The summed E-state index contributed by atoms with van der Waals surface area (Å²) >= 11 is 0. The van der Waals surface area contributed by atoms with Gasteiger partial charge in [0.2, 0.25) is 0 Å². The molecule has 0 aliphatic heterocycles. The van der Waals surface area contributed by atoms with Crippen LogP contribution in [0.1, 0.15) is 18.1 Å². The van der Waals surface area contributed by atoms with Crippen molar-refractivity contribution >= 4 is 29.9 Å². The van der Waals surface area contributed by atoms with Crippen molar-refractivity contribution in [3.63, 3.8) is 0 Å². The second-order valence-corrected chi connectivity index (χ2v) is 4.43. The second-order valence-electron chi connectivity index (χ2n) is 4.43. The Bertz CT molecular complexity index is 439. The van der Waals surface area contributed by atoms with E-state index in [-0.39, 0.29) is 24.0 Å². The van der Waals surface area contributed by atoms with Gasteiger partial charge < -0.3 is 20.1 Å². The fourth-order valence-electron chi connectivity index (χ4n) is 1.76. The molecule has 1 rings (SSSR count). The summed E-state index contributed by atoms with van der Waals surface area (Å²) in [7, 11) is 3.37. The van der Waals surface area contributed by atoms with E-state index in [9.17, 15) is 0 Å². The van der Waals surface area contributed by atoms with Gasteiger partial charge in [-0.25, -0.2) is 4.99 Å². The van der Waals surface area contributed by atoms with Gasteiger partial charge in [0, 0.05) is 25.8 Å². The van der Waals surface area contributed by atoms with Gasteiger partial charge in [0.25, 0.3) is 0 Å². The van der Waals surface area contributed by atoms with E-state index >= 15 is 0 Å². The molecule has 0 radical (unpaired) electrons. The van der Waals surface area contributed by atoms with Crippen LogP contribution < -0.4 is 15.4 Å². The zero-order valence-electron chi connectivity index (χ0n) is 13.2. The third-order valence-electron chi connectivity index (χ3n) is 2.79. The maximum atomic E-state index is 5.39. The van der Waals surface area contributed by atoms with Gasteiger partial charge in [0.1, 0.15) is 5.75 Å². The van der Waals surface area contributed by atoms with Gasteiger partial charge in [0.15, 0.2) is 5.96 Å². The van der Waals surface area contributed by atoms with Crippen molar-refractivity contribution < 1.29 is 9.47 Å². The van der Waals surface area contributed by atoms with Crippen LogP contribution in [0.5, 0.6) is 5.75 Å². The molecule has 0 atom stereocenters. The van der Waals surface area contributed by atoms with Crippen molar-refractivity contribution in [1.82, 2.24) is 10.6 Å². The second kappa shape index (κ2) is 11.6. The molecular formula is C15H26IN3O2. The predicted molar refractivity (Wildman–Crippen MR) is 97.8 cm³/mol. The number of rotatable bonds is 7. The molecule has 0 heterocycles. The lowest BCUT2D eigenvalue weighted by Gasteiger charge is -2.12. The summed E-state index contributed by atoms with van der Waals surface area (Å²) in [6, 6.07) is 6.14. The van der Waals surface area contributed by atoms with Crippen LogP contribution in [0.15, 0.2) is 23.2 Å². The number of hydrogen-bond donors (Lipinski definition) is 2. The fourth-order valence-corrected chi connectivity index (χ4v) is 1.76. The van der Waals surface area contributed by atoms with Crippen LogP contribution >= 0.6 is 24.0 Å². The Morgan fingerprint density at radius 3 is 2.62 bits per heavy atom. The van der Waals surface area contributed by atoms with Gasteiger partial charge in [0.05, 0.1) is 20.3 Å². The predicted octanol–water partition coefficient (Wildman–Crippen LogP) is 2.32. The summed E-state index contributed by atoms with van der Waals surface area (Å²) in [5, 5.41) is 6.42. The van der Waals surface area contributed by atoms with Crippen molar-refractivity contribution in [3.8, 4) is 5.75 Å². The van der Waals surface area contributed by atoms with Crippen LogP contribution in [0.3, 0.4) is 0 Å². The lowest BCUT2D eigenvalue weighted by Crippen LogP contribution is -2.38. The summed E-state index contributed by atoms with van der Waals surface area (Å²) in [5.41, 5.74) is 2.25. The molecule has 0 saturated heterocycles. The lowest BCUT2D eigenvalue weighted by molar-refractivity contribution is 0.203. The molecule has 21 heavy (non-hydrogen) atoms. The molecule has 0 aliphatic carbocycles. The summed E-state index contributed by atoms with van der Waals surface area (Å²) in [4.78, 5) is 4.55. The Labute approximate surface area is 144 Å². The minimum absolute atomic E-state index is 0. The maximum absolute atomic E-state index is 5.39. The first-order valence-corrected chi connectivity index (χ1v) is 6.85. The molecule has 0 fully saturated rings. The highest BCUT2D eigenvalue weighted by molar-refractivity contribution is 14.0. The zero-order valence-corrected chi connectivity index (χ0v) is 15.6. The van der Waals surface area contributed by atoms with E-state index in [1.807, 2.05) is 19.9 Å². The Balaban J connectivity index is 0.00000400. The molecule has 0 aromatic heterocycles. The number of aliphatic imine (C=N–C) groups is 1. The SMILES string of the molecule is CCNC(=NCc1ccc(C)cc1OC)NCCOC.I. The molecule has 2 N–H and O–H groups in total. The quantitative estimate of drug-likeness (QED) is 0.315. The van der Waals surface area contributed by atoms with Crippen LogP contribution in [0, 0.1) is 6.92 Å². The van der Waals surface area contributed by atoms with E-state index in [2.05, 4.69) is 27.8 Å². The fraction of sp³-hybridized carbons (Fsp3) is 0.533. The van der Waals surface area contributed by atoms with Gasteiger partial charge in [-0.05, 0) is 25.5 Å². The summed E-state index contributed by atoms with van der Waals surface area (Å²) < 4.78 is 10.4. The van der Waals surface area contributed by atoms with Gasteiger partial charge >= 0.3 is 0 Å². The molecule has 120 valence electrons. The topological polar surface area (TPSA) is 54.9 Å². The monoisotopic (exact) mass is 407 g/mol. The Kier molecular flexibility index (Phi) is 11.1. The minimum atomic E-state index is 0. The number of aryl methyl sites for hydroxylation is 1. The van der Waals surface area contributed by atoms with E-state index in [1.54, 1.807) is 14.2 Å². The van der Waals surface area contributed by atoms with Crippen molar-refractivity contribution in [2.24, 2.45) is 4.99 Å². The molecule has 0 spiro atoms. The van der Waals surface area contributed by atoms with Crippen LogP contribution in [0.4, 0.5) is 0 Å². The lowest BCUT2D eigenvalue weighted by atomic mass is 10.1. The Morgan fingerprint density at radius 2 is 2.00 bits per heavy atom. The number of methoxy groups -OCH3 is 2. The number of nitrogens with one attached hydrogen (secondary N) is 2. The third kappa shape index (κ3) is 7.52. The Morgan fingerprint density at radius 1 is 1.24 bits per heavy atom. The molecule has 0 aliphatic rings. The van der Waals surface area contributed by atoms with Gasteiger partial charge in [-0.2, -0.15) is 0 Å². The number of ether oxygens (including phenoxy) is 2.